The van der Waals surface area contributed by atoms with Crippen LogP contribution in [0.5, 0.6) is 0 Å². The zero-order valence-electron chi connectivity index (χ0n) is 17.9. The van der Waals surface area contributed by atoms with Crippen molar-refractivity contribution in [2.75, 3.05) is 0 Å². The van der Waals surface area contributed by atoms with Crippen LogP contribution >= 0.6 is 0 Å². The van der Waals surface area contributed by atoms with Gasteiger partial charge < -0.3 is 25.1 Å². The minimum Gasteiger partial charge on any atom is -0.168 e. The fraction of sp³-hybridized carbons (Fsp3) is 0. The number of terminal acetylenes is 2. The number of carbonyl (C=O) groups is 2. The van der Waals surface area contributed by atoms with E-state index in [4.69, 9.17) is 19.8 Å². The summed E-state index contributed by atoms with van der Waals surface area (Å²) in [5.74, 6) is 0.454. The van der Waals surface area contributed by atoms with Crippen molar-refractivity contribution in [3.63, 3.8) is 0 Å². The van der Waals surface area contributed by atoms with Crippen LogP contribution in [0.25, 0.3) is 21.5 Å². The number of carboxylic acid groups (broad SMARTS) is 2. The third kappa shape index (κ3) is 14.6. The Morgan fingerprint density at radius 2 is 1.00 bits per heavy atom. The predicted octanol–water partition coefficient (Wildman–Crippen LogP) is 5.04. The number of aliphatic carboxylic acids is 2. The molecule has 0 amide bonds. The van der Waals surface area contributed by atoms with Gasteiger partial charge in [0.15, 0.2) is 0 Å². The standard InChI is InChI=1S/2C9H7.2C3H2O2.2CH3.Si.Ti/c2*1-2-5-9-7-3-6-8(9)4-1;2*1-2-3(4)5;;;;/h2*1-7H;2*1H,(H,4,5);2*1H3;;/q2*-1;;;2*-1;;. The second-order valence-corrected chi connectivity index (χ2v) is 5.21. The topological polar surface area (TPSA) is 74.6 Å². The van der Waals surface area contributed by atoms with Gasteiger partial charge in [0.1, 0.15) is 0 Å². The zero-order chi connectivity index (χ0) is 22.8. The predicted molar refractivity (Wildman–Crippen MR) is 131 cm³/mol. The van der Waals surface area contributed by atoms with E-state index in [1.54, 1.807) is 19.2 Å². The average Bonchev–Trinajstić information content (AvgIpc) is 3.45. The van der Waals surface area contributed by atoms with E-state index >= 15 is 0 Å². The molecule has 32 heavy (non-hydrogen) atoms. The summed E-state index contributed by atoms with van der Waals surface area (Å²) in [4.78, 5) is 18.3. The van der Waals surface area contributed by atoms with Crippen molar-refractivity contribution < 1.29 is 39.0 Å². The zero-order valence-corrected chi connectivity index (χ0v) is 20.5. The summed E-state index contributed by atoms with van der Waals surface area (Å²) in [6.45, 7) is 0. The van der Waals surface area contributed by atoms with Crippen molar-refractivity contribution in [3.05, 3.63) is 99.8 Å². The molecule has 4 aromatic rings. The molecule has 0 aliphatic rings. The van der Waals surface area contributed by atoms with Crippen LogP contribution in [0.1, 0.15) is 0 Å². The molecule has 2 N–H and O–H groups in total. The summed E-state index contributed by atoms with van der Waals surface area (Å²) in [5, 5.41) is 20.3. The molecule has 0 aliphatic carbocycles. The van der Waals surface area contributed by atoms with Crippen LogP contribution in [0.4, 0.5) is 0 Å². The second-order valence-electron chi connectivity index (χ2n) is 5.21. The summed E-state index contributed by atoms with van der Waals surface area (Å²) in [5.41, 5.74) is 0. The van der Waals surface area contributed by atoms with Crippen LogP contribution in [0.2, 0.25) is 0 Å². The van der Waals surface area contributed by atoms with E-state index in [0.29, 0.717) is 0 Å². The Morgan fingerprint density at radius 1 is 0.719 bits per heavy atom. The molecule has 0 saturated carbocycles. The molecule has 0 aromatic heterocycles. The van der Waals surface area contributed by atoms with Crippen molar-refractivity contribution in [1.82, 2.24) is 0 Å². The van der Waals surface area contributed by atoms with Gasteiger partial charge in [0, 0.05) is 11.8 Å². The Labute approximate surface area is 204 Å². The van der Waals surface area contributed by atoms with E-state index < -0.39 is 11.9 Å². The van der Waals surface area contributed by atoms with Crippen LogP contribution in [-0.4, -0.2) is 29.8 Å². The SMILES string of the molecule is C#CC(=O)O.C#CC(=O)O.[CH3-].[CH3-].[Si]=[Ti].c1ccc2[cH-]ccc2c1.c1ccc2[cH-]ccc2c1. The van der Waals surface area contributed by atoms with Gasteiger partial charge in [-0.25, -0.2) is 9.59 Å². The van der Waals surface area contributed by atoms with E-state index in [1.165, 1.54) is 33.4 Å². The fourth-order valence-corrected chi connectivity index (χ4v) is 2.14. The Balaban J connectivity index is -0.000000348. The summed E-state index contributed by atoms with van der Waals surface area (Å²) >= 11 is 1.81. The molecule has 4 rings (SSSR count). The number of benzene rings is 2. The van der Waals surface area contributed by atoms with Crippen molar-refractivity contribution in [1.29, 1.82) is 0 Å². The monoisotopic (exact) mass is 476 g/mol. The van der Waals surface area contributed by atoms with E-state index in [9.17, 15) is 0 Å². The van der Waals surface area contributed by atoms with Crippen LogP contribution in [-0.2, 0) is 28.8 Å². The second kappa shape index (κ2) is 20.9. The number of fused-ring (bicyclic) bond motifs is 2. The molecule has 0 spiro atoms. The molecule has 0 saturated heterocycles. The first-order chi connectivity index (χ1) is 14.5. The summed E-state index contributed by atoms with van der Waals surface area (Å²) in [6.07, 6.45) is 8.64. The first-order valence-electron chi connectivity index (χ1n) is 8.33. The van der Waals surface area contributed by atoms with Crippen molar-refractivity contribution in [2.45, 2.75) is 0 Å². The van der Waals surface area contributed by atoms with Gasteiger partial charge in [-0.05, 0) is 0 Å². The van der Waals surface area contributed by atoms with Gasteiger partial charge in [0.05, 0.1) is 0 Å². The molecule has 2 radical (unpaired) electrons. The maximum atomic E-state index is 9.13. The third-order valence-corrected chi connectivity index (χ3v) is 3.34. The van der Waals surface area contributed by atoms with Crippen LogP contribution in [0.15, 0.2) is 84.9 Å². The quantitative estimate of drug-likeness (QED) is 0.212. The summed E-state index contributed by atoms with van der Waals surface area (Å²) in [6, 6.07) is 29.3. The molecule has 0 fully saturated rings. The van der Waals surface area contributed by atoms with Gasteiger partial charge >= 0.3 is 38.7 Å². The molecular formula is C26H24O4SiTi-4. The van der Waals surface area contributed by atoms with Crippen molar-refractivity contribution in [3.8, 4) is 24.7 Å². The Morgan fingerprint density at radius 3 is 1.25 bits per heavy atom. The molecule has 0 heterocycles. The number of carboxylic acids is 2. The molecule has 0 bridgehead atoms. The largest absolute Gasteiger partial charge is 0.168 e. The number of hydrogen-bond donors (Lipinski definition) is 2. The van der Waals surface area contributed by atoms with Crippen LogP contribution in [0, 0.1) is 39.5 Å². The first-order valence-corrected chi connectivity index (χ1v) is 11.2. The maximum Gasteiger partial charge on any atom is -0.0809 e. The smallest absolute Gasteiger partial charge is 0.0809 e. The van der Waals surface area contributed by atoms with Crippen LogP contribution in [0.3, 0.4) is 0 Å². The number of hydrogen-bond acceptors (Lipinski definition) is 2. The van der Waals surface area contributed by atoms with Crippen LogP contribution < -0.4 is 0 Å². The molecule has 164 valence electrons. The minimum atomic E-state index is -1.22. The summed E-state index contributed by atoms with van der Waals surface area (Å²) in [7, 11) is 2.97. The van der Waals surface area contributed by atoms with E-state index in [1.807, 2.05) is 0 Å². The van der Waals surface area contributed by atoms with E-state index in [0.717, 1.165) is 0 Å². The average molecular weight is 476 g/mol. The summed E-state index contributed by atoms with van der Waals surface area (Å²) < 4.78 is 0. The van der Waals surface area contributed by atoms with Crippen molar-refractivity contribution in [2.24, 2.45) is 0 Å². The van der Waals surface area contributed by atoms with E-state index in [-0.39, 0.29) is 14.9 Å². The molecular weight excluding hydrogens is 452 g/mol. The van der Waals surface area contributed by atoms with Gasteiger partial charge in [-0.3, -0.25) is 0 Å². The van der Waals surface area contributed by atoms with Gasteiger partial charge in [0.25, 0.3) is 0 Å². The molecule has 4 nitrogen and oxygen atoms in total. The Kier molecular flexibility index (Phi) is 21.7. The molecule has 6 heteroatoms. The molecule has 0 unspecified atom stereocenters. The third-order valence-electron chi connectivity index (χ3n) is 3.34. The van der Waals surface area contributed by atoms with Crippen molar-refractivity contribution >= 4 is 41.1 Å². The Bertz CT molecular complexity index is 979. The van der Waals surface area contributed by atoms with Gasteiger partial charge in [-0.15, -0.1) is 72.2 Å². The molecule has 0 aliphatic heterocycles. The van der Waals surface area contributed by atoms with E-state index in [2.05, 4.69) is 105 Å². The fourth-order valence-electron chi connectivity index (χ4n) is 2.14. The minimum absolute atomic E-state index is 0. The Hall–Kier alpha value is -3.35. The van der Waals surface area contributed by atoms with Gasteiger partial charge in [0.2, 0.25) is 0 Å². The van der Waals surface area contributed by atoms with Gasteiger partial charge in [-0.2, -0.15) is 35.0 Å². The van der Waals surface area contributed by atoms with Gasteiger partial charge in [-0.1, -0.05) is 12.1 Å². The maximum absolute atomic E-state index is 9.13. The normalized spacial score (nSPS) is 7.53. The molecule has 4 aromatic carbocycles. The number of rotatable bonds is 0. The molecule has 0 atom stereocenters. The first kappa shape index (κ1) is 33.3.